The Hall–Kier alpha value is -0.980. The molecule has 1 aliphatic rings. The van der Waals surface area contributed by atoms with Gasteiger partial charge in [0, 0.05) is 20.1 Å². The van der Waals surface area contributed by atoms with Crippen LogP contribution in [0.25, 0.3) is 0 Å². The van der Waals surface area contributed by atoms with Gasteiger partial charge in [0.15, 0.2) is 0 Å². The third-order valence-electron chi connectivity index (χ3n) is 4.03. The Labute approximate surface area is 126 Å². The van der Waals surface area contributed by atoms with Crippen LogP contribution in [0.5, 0.6) is 0 Å². The lowest BCUT2D eigenvalue weighted by molar-refractivity contribution is 0.439. The maximum absolute atomic E-state index is 14.0. The van der Waals surface area contributed by atoms with Crippen molar-refractivity contribution < 1.29 is 12.8 Å². The Morgan fingerprint density at radius 2 is 2.10 bits per heavy atom. The molecule has 0 amide bonds. The predicted octanol–water partition coefficient (Wildman–Crippen LogP) is 2.21. The molecule has 1 fully saturated rings. The van der Waals surface area contributed by atoms with Crippen molar-refractivity contribution in [2.45, 2.75) is 31.7 Å². The van der Waals surface area contributed by atoms with Gasteiger partial charge < -0.3 is 5.32 Å². The number of hydrogen-bond acceptors (Lipinski definition) is 3. The summed E-state index contributed by atoms with van der Waals surface area (Å²) in [5.74, 6) is 0.274. The number of rotatable bonds is 7. The largest absolute Gasteiger partial charge is 0.313 e. The highest BCUT2D eigenvalue weighted by Gasteiger charge is 2.36. The Kier molecular flexibility index (Phi) is 5.01. The van der Waals surface area contributed by atoms with Gasteiger partial charge in [-0.3, -0.25) is 0 Å². The summed E-state index contributed by atoms with van der Waals surface area (Å²) in [5, 5.41) is 3.11. The van der Waals surface area contributed by atoms with Crippen molar-refractivity contribution in [2.24, 2.45) is 11.8 Å². The van der Waals surface area contributed by atoms with E-state index in [1.807, 2.05) is 6.92 Å². The second kappa shape index (κ2) is 6.42. The second-order valence-corrected chi connectivity index (χ2v) is 7.82. The summed E-state index contributed by atoms with van der Waals surface area (Å²) in [4.78, 5) is -0.228. The number of benzene rings is 1. The van der Waals surface area contributed by atoms with E-state index >= 15 is 0 Å². The second-order valence-electron chi connectivity index (χ2n) is 5.80. The first-order valence-electron chi connectivity index (χ1n) is 7.31. The van der Waals surface area contributed by atoms with Crippen molar-refractivity contribution in [3.63, 3.8) is 0 Å². The normalized spacial score (nSPS) is 21.8. The zero-order valence-corrected chi connectivity index (χ0v) is 13.6. The molecule has 0 aromatic heterocycles. The van der Waals surface area contributed by atoms with Gasteiger partial charge in [-0.15, -0.1) is 0 Å². The van der Waals surface area contributed by atoms with Crippen molar-refractivity contribution in [3.8, 4) is 0 Å². The molecule has 2 unspecified atom stereocenters. The van der Waals surface area contributed by atoms with E-state index in [-0.39, 0.29) is 4.90 Å². The van der Waals surface area contributed by atoms with Gasteiger partial charge >= 0.3 is 0 Å². The smallest absolute Gasteiger partial charge is 0.245 e. The van der Waals surface area contributed by atoms with Gasteiger partial charge in [-0.2, -0.15) is 0 Å². The SMILES string of the molecule is CCNCc1ccc(F)c(S(=O)(=O)N(C)CC2CC2C)c1. The maximum Gasteiger partial charge on any atom is 0.245 e. The summed E-state index contributed by atoms with van der Waals surface area (Å²) >= 11 is 0. The van der Waals surface area contributed by atoms with Crippen LogP contribution in [-0.4, -0.2) is 32.9 Å². The van der Waals surface area contributed by atoms with Crippen LogP contribution >= 0.6 is 0 Å². The fourth-order valence-electron chi connectivity index (χ4n) is 2.37. The first-order valence-corrected chi connectivity index (χ1v) is 8.75. The highest BCUT2D eigenvalue weighted by molar-refractivity contribution is 7.89. The van der Waals surface area contributed by atoms with E-state index in [4.69, 9.17) is 0 Å². The van der Waals surface area contributed by atoms with Crippen LogP contribution in [0, 0.1) is 17.7 Å². The Morgan fingerprint density at radius 3 is 2.67 bits per heavy atom. The number of nitrogens with zero attached hydrogens (tertiary/aromatic N) is 1. The molecule has 2 atom stereocenters. The molecule has 1 N–H and O–H groups in total. The molecule has 0 saturated heterocycles. The van der Waals surface area contributed by atoms with Crippen LogP contribution in [0.3, 0.4) is 0 Å². The molecule has 21 heavy (non-hydrogen) atoms. The lowest BCUT2D eigenvalue weighted by Gasteiger charge is -2.18. The van der Waals surface area contributed by atoms with Crippen molar-refractivity contribution in [2.75, 3.05) is 20.1 Å². The minimum Gasteiger partial charge on any atom is -0.313 e. The molecule has 1 aliphatic carbocycles. The topological polar surface area (TPSA) is 49.4 Å². The maximum atomic E-state index is 14.0. The van der Waals surface area contributed by atoms with Gasteiger partial charge in [0.25, 0.3) is 0 Å². The first kappa shape index (κ1) is 16.4. The summed E-state index contributed by atoms with van der Waals surface area (Å²) in [5.41, 5.74) is 0.769. The molecule has 0 spiro atoms. The van der Waals surface area contributed by atoms with Crippen molar-refractivity contribution in [1.82, 2.24) is 9.62 Å². The van der Waals surface area contributed by atoms with Gasteiger partial charge in [-0.1, -0.05) is 19.9 Å². The van der Waals surface area contributed by atoms with E-state index in [1.165, 1.54) is 23.5 Å². The molecule has 0 heterocycles. The molecular weight excluding hydrogens is 291 g/mol. The summed E-state index contributed by atoms with van der Waals surface area (Å²) < 4.78 is 40.3. The van der Waals surface area contributed by atoms with E-state index in [0.717, 1.165) is 18.5 Å². The van der Waals surface area contributed by atoms with Gasteiger partial charge in [0.2, 0.25) is 10.0 Å². The average Bonchev–Trinajstić information content (AvgIpc) is 3.12. The molecular formula is C15H23FN2O2S. The molecule has 0 bridgehead atoms. The third kappa shape index (κ3) is 3.81. The van der Waals surface area contributed by atoms with E-state index in [0.29, 0.717) is 24.9 Å². The minimum absolute atomic E-state index is 0.228. The lowest BCUT2D eigenvalue weighted by atomic mass is 10.2. The summed E-state index contributed by atoms with van der Waals surface area (Å²) in [6, 6.07) is 4.27. The Balaban J connectivity index is 2.21. The van der Waals surface area contributed by atoms with E-state index in [1.54, 1.807) is 6.07 Å². The van der Waals surface area contributed by atoms with Crippen LogP contribution < -0.4 is 5.32 Å². The molecule has 1 saturated carbocycles. The summed E-state index contributed by atoms with van der Waals surface area (Å²) in [7, 11) is -2.24. The molecule has 0 radical (unpaired) electrons. The highest BCUT2D eigenvalue weighted by Crippen LogP contribution is 2.38. The van der Waals surface area contributed by atoms with Crippen molar-refractivity contribution in [3.05, 3.63) is 29.6 Å². The van der Waals surface area contributed by atoms with Crippen LogP contribution in [-0.2, 0) is 16.6 Å². The average molecular weight is 314 g/mol. The lowest BCUT2D eigenvalue weighted by Crippen LogP contribution is -2.30. The molecule has 2 rings (SSSR count). The zero-order chi connectivity index (χ0) is 15.6. The number of nitrogens with one attached hydrogen (secondary N) is 1. The summed E-state index contributed by atoms with van der Waals surface area (Å²) in [6.45, 7) is 5.83. The van der Waals surface area contributed by atoms with Crippen LogP contribution in [0.1, 0.15) is 25.8 Å². The fourth-order valence-corrected chi connectivity index (χ4v) is 3.71. The van der Waals surface area contributed by atoms with Crippen LogP contribution in [0.2, 0.25) is 0 Å². The molecule has 1 aromatic carbocycles. The quantitative estimate of drug-likeness (QED) is 0.839. The van der Waals surface area contributed by atoms with E-state index < -0.39 is 15.8 Å². The van der Waals surface area contributed by atoms with Gasteiger partial charge in [0.1, 0.15) is 10.7 Å². The number of hydrogen-bond donors (Lipinski definition) is 1. The van der Waals surface area contributed by atoms with Crippen molar-refractivity contribution in [1.29, 1.82) is 0 Å². The fraction of sp³-hybridized carbons (Fsp3) is 0.600. The van der Waals surface area contributed by atoms with E-state index in [9.17, 15) is 12.8 Å². The Bertz CT molecular complexity index is 604. The van der Waals surface area contributed by atoms with Gasteiger partial charge in [0.05, 0.1) is 0 Å². The van der Waals surface area contributed by atoms with Gasteiger partial charge in [-0.25, -0.2) is 17.1 Å². The summed E-state index contributed by atoms with van der Waals surface area (Å²) in [6.07, 6.45) is 1.04. The molecule has 118 valence electrons. The van der Waals surface area contributed by atoms with Gasteiger partial charge in [-0.05, 0) is 42.5 Å². The monoisotopic (exact) mass is 314 g/mol. The number of halogens is 1. The first-order chi connectivity index (χ1) is 9.86. The Morgan fingerprint density at radius 1 is 1.43 bits per heavy atom. The minimum atomic E-state index is -3.77. The van der Waals surface area contributed by atoms with Crippen molar-refractivity contribution >= 4 is 10.0 Å². The van der Waals surface area contributed by atoms with E-state index in [2.05, 4.69) is 12.2 Å². The molecule has 4 nitrogen and oxygen atoms in total. The molecule has 1 aromatic rings. The zero-order valence-electron chi connectivity index (χ0n) is 12.8. The van der Waals surface area contributed by atoms with Crippen LogP contribution in [0.15, 0.2) is 23.1 Å². The molecule has 6 heteroatoms. The number of sulfonamides is 1. The standard InChI is InChI=1S/C15H23FN2O2S/c1-4-17-9-12-5-6-14(16)15(8-12)21(19,20)18(3)10-13-7-11(13)2/h5-6,8,11,13,17H,4,7,9-10H2,1-3H3. The molecule has 0 aliphatic heterocycles. The third-order valence-corrected chi connectivity index (χ3v) is 5.87. The predicted molar refractivity (Wildman–Crippen MR) is 80.9 cm³/mol. The highest BCUT2D eigenvalue weighted by atomic mass is 32.2. The van der Waals surface area contributed by atoms with Crippen LogP contribution in [0.4, 0.5) is 4.39 Å².